The highest BCUT2D eigenvalue weighted by Crippen LogP contribution is 2.45. The van der Waals surface area contributed by atoms with Gasteiger partial charge in [-0.1, -0.05) is 0 Å². The van der Waals surface area contributed by atoms with Gasteiger partial charge in [0.2, 0.25) is 0 Å². The van der Waals surface area contributed by atoms with Gasteiger partial charge < -0.3 is 4.74 Å². The van der Waals surface area contributed by atoms with Crippen molar-refractivity contribution in [2.45, 2.75) is 18.4 Å². The first-order valence-corrected chi connectivity index (χ1v) is 9.85. The molecule has 0 unspecified atom stereocenters. The van der Waals surface area contributed by atoms with Crippen molar-refractivity contribution in [3.63, 3.8) is 0 Å². The van der Waals surface area contributed by atoms with E-state index in [1.54, 1.807) is 22.7 Å². The number of hydrogen-bond donors (Lipinski definition) is 0. The summed E-state index contributed by atoms with van der Waals surface area (Å²) in [6, 6.07) is 6.29. The second-order valence-electron chi connectivity index (χ2n) is 6.72. The summed E-state index contributed by atoms with van der Waals surface area (Å²) >= 11 is 3.38. The third kappa shape index (κ3) is 2.16. The summed E-state index contributed by atoms with van der Waals surface area (Å²) in [5.74, 6) is 0.526. The van der Waals surface area contributed by atoms with Crippen LogP contribution in [0.2, 0.25) is 0 Å². The van der Waals surface area contributed by atoms with Crippen LogP contribution in [-0.4, -0.2) is 42.8 Å². The minimum absolute atomic E-state index is 0.169. The predicted octanol–water partition coefficient (Wildman–Crippen LogP) is 3.90. The third-order valence-corrected chi connectivity index (χ3v) is 7.26. The average Bonchev–Trinajstić information content (AvgIpc) is 3.28. The fourth-order valence-electron chi connectivity index (χ4n) is 4.21. The van der Waals surface area contributed by atoms with E-state index in [4.69, 9.17) is 4.74 Å². The molecule has 120 valence electrons. The number of amides is 1. The van der Waals surface area contributed by atoms with Gasteiger partial charge in [-0.25, -0.2) is 4.79 Å². The molecule has 23 heavy (non-hydrogen) atoms. The van der Waals surface area contributed by atoms with Crippen LogP contribution >= 0.6 is 22.7 Å². The summed E-state index contributed by atoms with van der Waals surface area (Å²) in [5, 5.41) is 5.23. The minimum atomic E-state index is -0.278. The van der Waals surface area contributed by atoms with Crippen LogP contribution in [0.5, 0.6) is 0 Å². The van der Waals surface area contributed by atoms with Crippen LogP contribution in [0.4, 0.5) is 9.80 Å². The highest BCUT2D eigenvalue weighted by Gasteiger charge is 2.55. The maximum Gasteiger partial charge on any atom is 0.415 e. The van der Waals surface area contributed by atoms with Gasteiger partial charge in [-0.15, -0.1) is 11.3 Å². The van der Waals surface area contributed by atoms with Crippen LogP contribution in [0.25, 0.3) is 10.4 Å². The summed E-state index contributed by atoms with van der Waals surface area (Å²) in [4.78, 5) is 18.0. The molecule has 1 amide bonds. The lowest BCUT2D eigenvalue weighted by Crippen LogP contribution is -2.61. The molecule has 4 nitrogen and oxygen atoms in total. The Morgan fingerprint density at radius 2 is 2.04 bits per heavy atom. The summed E-state index contributed by atoms with van der Waals surface area (Å²) in [6.07, 6.45) is 2.15. The summed E-state index contributed by atoms with van der Waals surface area (Å²) in [7, 11) is 0. The van der Waals surface area contributed by atoms with Crippen LogP contribution in [0.3, 0.4) is 0 Å². The SMILES string of the molecule is O=C1O[C@@]2(CN3CCC2CC3)CN1c1ccc(-c2ccsc2)s1. The number of piperidine rings is 3. The van der Waals surface area contributed by atoms with Crippen molar-refractivity contribution in [1.82, 2.24) is 4.90 Å². The number of anilines is 1. The number of ether oxygens (including phenoxy) is 1. The van der Waals surface area contributed by atoms with Crippen molar-refractivity contribution in [2.75, 3.05) is 31.1 Å². The zero-order chi connectivity index (χ0) is 15.4. The number of nitrogens with zero attached hydrogens (tertiary/aromatic N) is 2. The number of fused-ring (bicyclic) bond motifs is 2. The van der Waals surface area contributed by atoms with Gasteiger partial charge in [0.05, 0.1) is 6.54 Å². The van der Waals surface area contributed by atoms with E-state index >= 15 is 0 Å². The number of carbonyl (C=O) groups is 1. The molecule has 0 N–H and O–H groups in total. The fraction of sp³-hybridized carbons (Fsp3) is 0.471. The summed E-state index contributed by atoms with van der Waals surface area (Å²) in [6.45, 7) is 3.93. The first-order valence-electron chi connectivity index (χ1n) is 8.09. The zero-order valence-electron chi connectivity index (χ0n) is 12.7. The molecule has 4 saturated heterocycles. The Labute approximate surface area is 143 Å². The van der Waals surface area contributed by atoms with Crippen LogP contribution in [0.1, 0.15) is 12.8 Å². The molecule has 4 aliphatic heterocycles. The molecule has 6 heteroatoms. The van der Waals surface area contributed by atoms with Crippen molar-refractivity contribution < 1.29 is 9.53 Å². The highest BCUT2D eigenvalue weighted by atomic mass is 32.1. The average molecular weight is 346 g/mol. The third-order valence-electron chi connectivity index (χ3n) is 5.42. The lowest BCUT2D eigenvalue weighted by molar-refractivity contribution is -0.0881. The Morgan fingerprint density at radius 1 is 1.17 bits per heavy atom. The van der Waals surface area contributed by atoms with E-state index in [0.717, 1.165) is 37.5 Å². The van der Waals surface area contributed by atoms with E-state index in [0.29, 0.717) is 12.5 Å². The Hall–Kier alpha value is -1.37. The van der Waals surface area contributed by atoms with Crippen molar-refractivity contribution in [3.05, 3.63) is 29.0 Å². The Kier molecular flexibility index (Phi) is 3.08. The molecule has 0 saturated carbocycles. The van der Waals surface area contributed by atoms with Gasteiger partial charge in [0, 0.05) is 22.9 Å². The first kappa shape index (κ1) is 14.0. The van der Waals surface area contributed by atoms with Gasteiger partial charge in [0.1, 0.15) is 10.6 Å². The second kappa shape index (κ2) is 5.06. The normalized spacial score (nSPS) is 32.7. The molecule has 4 fully saturated rings. The van der Waals surface area contributed by atoms with E-state index in [1.807, 2.05) is 4.90 Å². The van der Waals surface area contributed by atoms with E-state index in [1.165, 1.54) is 10.4 Å². The maximum atomic E-state index is 12.5. The topological polar surface area (TPSA) is 32.8 Å². The van der Waals surface area contributed by atoms with Crippen molar-refractivity contribution in [1.29, 1.82) is 0 Å². The molecule has 0 aromatic carbocycles. The van der Waals surface area contributed by atoms with Gasteiger partial charge in [0.15, 0.2) is 0 Å². The molecule has 1 spiro atoms. The number of hydrogen-bond acceptors (Lipinski definition) is 5. The lowest BCUT2D eigenvalue weighted by Gasteiger charge is -2.49. The lowest BCUT2D eigenvalue weighted by atomic mass is 9.75. The van der Waals surface area contributed by atoms with Crippen LogP contribution in [-0.2, 0) is 4.74 Å². The second-order valence-corrected chi connectivity index (χ2v) is 8.56. The van der Waals surface area contributed by atoms with Crippen molar-refractivity contribution >= 4 is 33.8 Å². The summed E-state index contributed by atoms with van der Waals surface area (Å²) in [5.41, 5.74) is 0.955. The van der Waals surface area contributed by atoms with E-state index in [9.17, 15) is 4.79 Å². The molecular weight excluding hydrogens is 328 g/mol. The standard InChI is InChI=1S/C17H18N2O2S2/c20-16-19(15-2-1-14(23-15)12-5-8-22-9-12)11-17(21-16)10-18-6-3-13(17)4-7-18/h1-2,5,8-9,13H,3-4,6-7,10-11H2/t17-/m0/s1. The minimum Gasteiger partial charge on any atom is -0.439 e. The quantitative estimate of drug-likeness (QED) is 0.827. The summed E-state index contributed by atoms with van der Waals surface area (Å²) < 4.78 is 5.94. The molecule has 1 atom stereocenters. The maximum absolute atomic E-state index is 12.5. The molecule has 2 aromatic rings. The molecular formula is C17H18N2O2S2. The van der Waals surface area contributed by atoms with E-state index in [-0.39, 0.29) is 11.7 Å². The fourth-order valence-corrected chi connectivity index (χ4v) is 5.94. The van der Waals surface area contributed by atoms with Gasteiger partial charge in [-0.2, -0.15) is 11.3 Å². The van der Waals surface area contributed by atoms with E-state index in [2.05, 4.69) is 33.9 Å². The molecule has 4 aliphatic rings. The molecule has 0 aliphatic carbocycles. The van der Waals surface area contributed by atoms with Gasteiger partial charge in [-0.3, -0.25) is 9.80 Å². The molecule has 2 bridgehead atoms. The van der Waals surface area contributed by atoms with Gasteiger partial charge >= 0.3 is 6.09 Å². The largest absolute Gasteiger partial charge is 0.439 e. The Bertz CT molecular complexity index is 734. The zero-order valence-corrected chi connectivity index (χ0v) is 14.4. The molecule has 6 heterocycles. The molecule has 0 radical (unpaired) electrons. The van der Waals surface area contributed by atoms with Gasteiger partial charge in [0.25, 0.3) is 0 Å². The Morgan fingerprint density at radius 3 is 2.74 bits per heavy atom. The van der Waals surface area contributed by atoms with Gasteiger partial charge in [-0.05, 0) is 54.9 Å². The first-order chi connectivity index (χ1) is 11.2. The van der Waals surface area contributed by atoms with E-state index < -0.39 is 0 Å². The highest BCUT2D eigenvalue weighted by molar-refractivity contribution is 7.20. The number of carbonyl (C=O) groups excluding carboxylic acids is 1. The van der Waals surface area contributed by atoms with Crippen molar-refractivity contribution in [2.24, 2.45) is 5.92 Å². The monoisotopic (exact) mass is 346 g/mol. The number of thiophene rings is 2. The van der Waals surface area contributed by atoms with Crippen LogP contribution in [0, 0.1) is 5.92 Å². The molecule has 6 rings (SSSR count). The van der Waals surface area contributed by atoms with Crippen molar-refractivity contribution in [3.8, 4) is 10.4 Å². The Balaban J connectivity index is 1.43. The van der Waals surface area contributed by atoms with Crippen LogP contribution < -0.4 is 4.90 Å². The number of rotatable bonds is 2. The predicted molar refractivity (Wildman–Crippen MR) is 93.4 cm³/mol. The smallest absolute Gasteiger partial charge is 0.415 e. The van der Waals surface area contributed by atoms with Crippen LogP contribution in [0.15, 0.2) is 29.0 Å². The molecule has 2 aromatic heterocycles.